The van der Waals surface area contributed by atoms with Gasteiger partial charge >= 0.3 is 0 Å². The van der Waals surface area contributed by atoms with Gasteiger partial charge in [-0.05, 0) is 18.9 Å². The molecular formula is C19H24N2O2. The second-order valence-corrected chi connectivity index (χ2v) is 6.77. The van der Waals surface area contributed by atoms with Crippen molar-refractivity contribution >= 4 is 5.91 Å². The molecule has 2 aliphatic heterocycles. The molecule has 2 heterocycles. The van der Waals surface area contributed by atoms with Crippen LogP contribution in [-0.4, -0.2) is 54.1 Å². The van der Waals surface area contributed by atoms with Crippen molar-refractivity contribution in [1.29, 1.82) is 0 Å². The van der Waals surface area contributed by atoms with Crippen LogP contribution in [0.5, 0.6) is 0 Å². The van der Waals surface area contributed by atoms with E-state index in [0.29, 0.717) is 25.2 Å². The highest BCUT2D eigenvalue weighted by atomic mass is 16.5. The molecule has 122 valence electrons. The summed E-state index contributed by atoms with van der Waals surface area (Å²) in [4.78, 5) is 17.6. The molecule has 4 atom stereocenters. The van der Waals surface area contributed by atoms with E-state index in [1.807, 2.05) is 11.0 Å². The molecule has 0 saturated carbocycles. The van der Waals surface area contributed by atoms with E-state index in [1.165, 1.54) is 5.56 Å². The fourth-order valence-electron chi connectivity index (χ4n) is 4.30. The third-order valence-electron chi connectivity index (χ3n) is 5.51. The van der Waals surface area contributed by atoms with E-state index >= 15 is 0 Å². The van der Waals surface area contributed by atoms with E-state index in [9.17, 15) is 4.79 Å². The smallest absolute Gasteiger partial charge is 0.240 e. The first-order chi connectivity index (χ1) is 11.3. The monoisotopic (exact) mass is 312 g/mol. The Labute approximate surface area is 137 Å². The zero-order valence-electron chi connectivity index (χ0n) is 13.6. The summed E-state index contributed by atoms with van der Waals surface area (Å²) in [6, 6.07) is 11.2. The van der Waals surface area contributed by atoms with Crippen LogP contribution in [0.4, 0.5) is 0 Å². The Morgan fingerprint density at radius 1 is 1.17 bits per heavy atom. The molecule has 1 aromatic rings. The van der Waals surface area contributed by atoms with Gasteiger partial charge in [-0.25, -0.2) is 0 Å². The van der Waals surface area contributed by atoms with Gasteiger partial charge in [-0.2, -0.15) is 0 Å². The topological polar surface area (TPSA) is 32.8 Å². The van der Waals surface area contributed by atoms with Gasteiger partial charge in [0.05, 0.1) is 19.3 Å². The maximum absolute atomic E-state index is 13.1. The average molecular weight is 312 g/mol. The Balaban J connectivity index is 1.59. The number of ether oxygens (including phenoxy) is 1. The summed E-state index contributed by atoms with van der Waals surface area (Å²) in [7, 11) is 0. The van der Waals surface area contributed by atoms with Crippen LogP contribution in [0.3, 0.4) is 0 Å². The number of nitrogens with zero attached hydrogens (tertiary/aromatic N) is 2. The van der Waals surface area contributed by atoms with Crippen LogP contribution in [0.25, 0.3) is 0 Å². The number of amides is 1. The minimum atomic E-state index is -0.0155. The van der Waals surface area contributed by atoms with Gasteiger partial charge in [0, 0.05) is 31.1 Å². The van der Waals surface area contributed by atoms with Crippen LogP contribution in [0.15, 0.2) is 42.5 Å². The molecule has 3 aliphatic rings. The number of morpholine rings is 1. The first kappa shape index (κ1) is 14.9. The molecule has 2 fully saturated rings. The fraction of sp³-hybridized carbons (Fsp3) is 0.526. The standard InChI is InChI=1S/C19H24N2O2/c1-14(15-5-3-2-4-6-15)21-17-8-7-16(13-17)18(21)19(22)20-9-11-23-12-10-20/h2-8,14,16-18H,9-13H2,1H3/t14-,16+,17-,18+/m0/s1. The third-order valence-corrected chi connectivity index (χ3v) is 5.51. The summed E-state index contributed by atoms with van der Waals surface area (Å²) in [6.45, 7) is 5.00. The van der Waals surface area contributed by atoms with Crippen molar-refractivity contribution in [2.75, 3.05) is 26.3 Å². The molecule has 2 saturated heterocycles. The van der Waals surface area contributed by atoms with Crippen LogP contribution >= 0.6 is 0 Å². The molecule has 4 nitrogen and oxygen atoms in total. The first-order valence-corrected chi connectivity index (χ1v) is 8.63. The lowest BCUT2D eigenvalue weighted by Crippen LogP contribution is -2.53. The number of carbonyl (C=O) groups excluding carboxylic acids is 1. The molecule has 0 spiro atoms. The van der Waals surface area contributed by atoms with Crippen molar-refractivity contribution in [3.8, 4) is 0 Å². The Hall–Kier alpha value is -1.65. The molecule has 0 radical (unpaired) electrons. The molecule has 0 N–H and O–H groups in total. The van der Waals surface area contributed by atoms with Crippen molar-refractivity contribution in [3.05, 3.63) is 48.0 Å². The maximum Gasteiger partial charge on any atom is 0.240 e. The second-order valence-electron chi connectivity index (χ2n) is 6.77. The first-order valence-electron chi connectivity index (χ1n) is 8.63. The lowest BCUT2D eigenvalue weighted by atomic mass is 9.97. The van der Waals surface area contributed by atoms with Crippen molar-refractivity contribution < 1.29 is 9.53 Å². The van der Waals surface area contributed by atoms with Crippen molar-refractivity contribution in [2.24, 2.45) is 5.92 Å². The Morgan fingerprint density at radius 2 is 1.91 bits per heavy atom. The minimum absolute atomic E-state index is 0.0155. The predicted molar refractivity (Wildman–Crippen MR) is 88.9 cm³/mol. The molecular weight excluding hydrogens is 288 g/mol. The highest BCUT2D eigenvalue weighted by Gasteiger charge is 2.49. The molecule has 1 aliphatic carbocycles. The molecule has 23 heavy (non-hydrogen) atoms. The van der Waals surface area contributed by atoms with Gasteiger partial charge in [-0.15, -0.1) is 0 Å². The summed E-state index contributed by atoms with van der Waals surface area (Å²) in [5, 5.41) is 0. The lowest BCUT2D eigenvalue weighted by Gasteiger charge is -2.39. The third kappa shape index (κ3) is 2.60. The molecule has 4 heteroatoms. The van der Waals surface area contributed by atoms with Gasteiger partial charge in [0.25, 0.3) is 0 Å². The Kier molecular flexibility index (Phi) is 3.95. The van der Waals surface area contributed by atoms with Gasteiger partial charge in [0.2, 0.25) is 5.91 Å². The van der Waals surface area contributed by atoms with Gasteiger partial charge in [0.15, 0.2) is 0 Å². The van der Waals surface area contributed by atoms with Crippen LogP contribution in [-0.2, 0) is 9.53 Å². The van der Waals surface area contributed by atoms with E-state index in [-0.39, 0.29) is 18.0 Å². The van der Waals surface area contributed by atoms with E-state index in [4.69, 9.17) is 4.74 Å². The number of hydrogen-bond acceptors (Lipinski definition) is 3. The van der Waals surface area contributed by atoms with Gasteiger partial charge in [-0.3, -0.25) is 9.69 Å². The predicted octanol–water partition coefficient (Wildman–Crippen LogP) is 2.24. The molecule has 0 aromatic heterocycles. The van der Waals surface area contributed by atoms with E-state index in [0.717, 1.165) is 19.5 Å². The van der Waals surface area contributed by atoms with Crippen LogP contribution < -0.4 is 0 Å². The number of benzene rings is 1. The molecule has 0 unspecified atom stereocenters. The minimum Gasteiger partial charge on any atom is -0.378 e. The van der Waals surface area contributed by atoms with Gasteiger partial charge in [-0.1, -0.05) is 42.5 Å². The summed E-state index contributed by atoms with van der Waals surface area (Å²) < 4.78 is 5.40. The van der Waals surface area contributed by atoms with E-state index in [2.05, 4.69) is 48.2 Å². The molecule has 4 rings (SSSR count). The summed E-state index contributed by atoms with van der Waals surface area (Å²) in [5.74, 6) is 0.648. The summed E-state index contributed by atoms with van der Waals surface area (Å²) in [5.41, 5.74) is 1.29. The van der Waals surface area contributed by atoms with Crippen molar-refractivity contribution in [1.82, 2.24) is 9.80 Å². The summed E-state index contributed by atoms with van der Waals surface area (Å²) >= 11 is 0. The lowest BCUT2D eigenvalue weighted by molar-refractivity contribution is -0.142. The molecule has 2 bridgehead atoms. The fourth-order valence-corrected chi connectivity index (χ4v) is 4.30. The van der Waals surface area contributed by atoms with Crippen molar-refractivity contribution in [2.45, 2.75) is 31.5 Å². The summed E-state index contributed by atoms with van der Waals surface area (Å²) in [6.07, 6.45) is 5.62. The van der Waals surface area contributed by atoms with E-state index < -0.39 is 0 Å². The van der Waals surface area contributed by atoms with Gasteiger partial charge < -0.3 is 9.64 Å². The molecule has 1 amide bonds. The van der Waals surface area contributed by atoms with Crippen LogP contribution in [0, 0.1) is 5.92 Å². The number of likely N-dealkylation sites (tertiary alicyclic amines) is 1. The van der Waals surface area contributed by atoms with Crippen LogP contribution in [0.1, 0.15) is 24.9 Å². The average Bonchev–Trinajstić information content (AvgIpc) is 3.23. The quantitative estimate of drug-likeness (QED) is 0.803. The largest absolute Gasteiger partial charge is 0.378 e. The Morgan fingerprint density at radius 3 is 2.65 bits per heavy atom. The Bertz CT molecular complexity index is 595. The second kappa shape index (κ2) is 6.10. The van der Waals surface area contributed by atoms with Crippen LogP contribution in [0.2, 0.25) is 0 Å². The zero-order valence-corrected chi connectivity index (χ0v) is 13.6. The molecule has 1 aromatic carbocycles. The number of hydrogen-bond donors (Lipinski definition) is 0. The highest BCUT2D eigenvalue weighted by Crippen LogP contribution is 2.43. The number of carbonyl (C=O) groups is 1. The SMILES string of the molecule is C[C@@H](c1ccccc1)N1[C@H]2C=C[C@H](C2)[C@@H]1C(=O)N1CCOCC1. The van der Waals surface area contributed by atoms with Gasteiger partial charge in [0.1, 0.15) is 0 Å². The normalized spacial score (nSPS) is 31.5. The number of fused-ring (bicyclic) bond motifs is 2. The zero-order chi connectivity index (χ0) is 15.8. The van der Waals surface area contributed by atoms with Crippen molar-refractivity contribution in [3.63, 3.8) is 0 Å². The van der Waals surface area contributed by atoms with E-state index in [1.54, 1.807) is 0 Å². The highest BCUT2D eigenvalue weighted by molar-refractivity contribution is 5.83. The number of rotatable bonds is 3. The maximum atomic E-state index is 13.1.